The fourth-order valence-corrected chi connectivity index (χ4v) is 6.27. The van der Waals surface area contributed by atoms with Crippen molar-refractivity contribution < 1.29 is 0 Å². The SMILES string of the molecule is O=c1c2cc(-c3cccc(-c4ccccc4)c3)ccc2sc2ccc(-c3cccc(-c4ccccc4)c3)cc12. The Hall–Kier alpha value is -4.79. The molecular formula is C37H24OS. The number of hydrogen-bond acceptors (Lipinski definition) is 2. The van der Waals surface area contributed by atoms with Crippen molar-refractivity contribution >= 4 is 31.5 Å². The van der Waals surface area contributed by atoms with Gasteiger partial charge in [-0.25, -0.2) is 0 Å². The summed E-state index contributed by atoms with van der Waals surface area (Å²) in [4.78, 5) is 13.8. The maximum absolute atomic E-state index is 13.8. The summed E-state index contributed by atoms with van der Waals surface area (Å²) < 4.78 is 2.02. The number of fused-ring (bicyclic) bond motifs is 2. The van der Waals surface area contributed by atoms with Crippen molar-refractivity contribution in [1.82, 2.24) is 0 Å². The van der Waals surface area contributed by atoms with Crippen LogP contribution in [0.1, 0.15) is 0 Å². The van der Waals surface area contributed by atoms with E-state index < -0.39 is 0 Å². The predicted octanol–water partition coefficient (Wildman–Crippen LogP) is 10.1. The van der Waals surface area contributed by atoms with Crippen LogP contribution in [0.3, 0.4) is 0 Å². The molecule has 6 aromatic carbocycles. The third-order valence-corrected chi connectivity index (χ3v) is 8.43. The van der Waals surface area contributed by atoms with E-state index in [2.05, 4.69) is 133 Å². The highest BCUT2D eigenvalue weighted by atomic mass is 32.1. The van der Waals surface area contributed by atoms with Gasteiger partial charge in [-0.05, 0) is 80.9 Å². The minimum absolute atomic E-state index is 0.0841. The molecule has 2 heteroatoms. The van der Waals surface area contributed by atoms with E-state index in [-0.39, 0.29) is 5.43 Å². The first-order valence-corrected chi connectivity index (χ1v) is 13.9. The minimum atomic E-state index is 0.0841. The normalized spacial score (nSPS) is 11.2. The Morgan fingerprint density at radius 1 is 0.333 bits per heavy atom. The molecular weight excluding hydrogens is 492 g/mol. The van der Waals surface area contributed by atoms with E-state index in [0.717, 1.165) is 42.4 Å². The highest BCUT2D eigenvalue weighted by Gasteiger charge is 2.11. The van der Waals surface area contributed by atoms with E-state index in [1.165, 1.54) is 22.3 Å². The van der Waals surface area contributed by atoms with Crippen LogP contribution in [0, 0.1) is 0 Å². The third-order valence-electron chi connectivity index (χ3n) is 7.27. The zero-order chi connectivity index (χ0) is 26.2. The lowest BCUT2D eigenvalue weighted by atomic mass is 9.97. The first-order chi connectivity index (χ1) is 19.2. The van der Waals surface area contributed by atoms with Crippen molar-refractivity contribution in [3.63, 3.8) is 0 Å². The Morgan fingerprint density at radius 2 is 0.692 bits per heavy atom. The summed E-state index contributed by atoms with van der Waals surface area (Å²) in [5.74, 6) is 0. The van der Waals surface area contributed by atoms with Gasteiger partial charge in [0, 0.05) is 20.2 Å². The largest absolute Gasteiger partial charge is 0.289 e. The van der Waals surface area contributed by atoms with Gasteiger partial charge in [-0.2, -0.15) is 0 Å². The summed E-state index contributed by atoms with van der Waals surface area (Å²) in [5.41, 5.74) is 9.09. The van der Waals surface area contributed by atoms with Gasteiger partial charge in [-0.3, -0.25) is 4.79 Å². The molecule has 0 bridgehead atoms. The average molecular weight is 517 g/mol. The number of hydrogen-bond donors (Lipinski definition) is 0. The summed E-state index contributed by atoms with van der Waals surface area (Å²) in [6.07, 6.45) is 0. The molecule has 0 fully saturated rings. The molecule has 0 saturated carbocycles. The first-order valence-electron chi connectivity index (χ1n) is 13.1. The fraction of sp³-hybridized carbons (Fsp3) is 0. The quantitative estimate of drug-likeness (QED) is 0.213. The van der Waals surface area contributed by atoms with Crippen molar-refractivity contribution in [3.8, 4) is 44.5 Å². The maximum Gasteiger partial charge on any atom is 0.195 e. The molecule has 0 aliphatic heterocycles. The van der Waals surface area contributed by atoms with Crippen LogP contribution in [0.2, 0.25) is 0 Å². The van der Waals surface area contributed by atoms with Gasteiger partial charge in [-0.15, -0.1) is 11.3 Å². The predicted molar refractivity (Wildman–Crippen MR) is 167 cm³/mol. The van der Waals surface area contributed by atoms with Crippen molar-refractivity contribution in [2.45, 2.75) is 0 Å². The van der Waals surface area contributed by atoms with Crippen molar-refractivity contribution in [2.75, 3.05) is 0 Å². The molecule has 184 valence electrons. The van der Waals surface area contributed by atoms with Crippen LogP contribution in [0.25, 0.3) is 64.7 Å². The second-order valence-corrected chi connectivity index (χ2v) is 10.8. The molecule has 0 atom stereocenters. The second kappa shape index (κ2) is 9.83. The van der Waals surface area contributed by atoms with Crippen LogP contribution in [-0.2, 0) is 0 Å². The molecule has 39 heavy (non-hydrogen) atoms. The smallest absolute Gasteiger partial charge is 0.195 e. The molecule has 0 saturated heterocycles. The Labute approximate surface area is 231 Å². The lowest BCUT2D eigenvalue weighted by Crippen LogP contribution is -2.01. The monoisotopic (exact) mass is 516 g/mol. The van der Waals surface area contributed by atoms with Crippen LogP contribution < -0.4 is 5.43 Å². The van der Waals surface area contributed by atoms with Gasteiger partial charge in [0.1, 0.15) is 0 Å². The Bertz CT molecular complexity index is 1880. The first kappa shape index (κ1) is 23.3. The average Bonchev–Trinajstić information content (AvgIpc) is 3.02. The molecule has 0 amide bonds. The van der Waals surface area contributed by atoms with E-state index in [0.29, 0.717) is 0 Å². The van der Waals surface area contributed by atoms with E-state index in [1.54, 1.807) is 11.3 Å². The third kappa shape index (κ3) is 4.46. The van der Waals surface area contributed by atoms with Crippen molar-refractivity contribution in [3.05, 3.63) is 156 Å². The van der Waals surface area contributed by atoms with Gasteiger partial charge >= 0.3 is 0 Å². The number of rotatable bonds is 4. The molecule has 0 aliphatic rings. The Morgan fingerprint density at radius 3 is 1.13 bits per heavy atom. The molecule has 1 nitrogen and oxygen atoms in total. The fourth-order valence-electron chi connectivity index (χ4n) is 5.23. The van der Waals surface area contributed by atoms with E-state index in [1.807, 2.05) is 12.1 Å². The summed E-state index contributed by atoms with van der Waals surface area (Å²) in [5, 5.41) is 1.54. The highest BCUT2D eigenvalue weighted by Crippen LogP contribution is 2.33. The van der Waals surface area contributed by atoms with E-state index in [4.69, 9.17) is 0 Å². The molecule has 0 spiro atoms. The summed E-state index contributed by atoms with van der Waals surface area (Å²) in [7, 11) is 0. The zero-order valence-corrected chi connectivity index (χ0v) is 22.0. The van der Waals surface area contributed by atoms with Crippen LogP contribution in [0.5, 0.6) is 0 Å². The van der Waals surface area contributed by atoms with Crippen LogP contribution in [-0.4, -0.2) is 0 Å². The van der Waals surface area contributed by atoms with Gasteiger partial charge in [0.15, 0.2) is 5.43 Å². The molecule has 0 unspecified atom stereocenters. The standard InChI is InChI=1S/C37H24OS/c38-37-33-23-31(29-15-7-13-27(21-29)25-9-3-1-4-10-25)17-19-35(33)39-36-20-18-32(24-34(36)37)30-16-8-14-28(22-30)26-11-5-2-6-12-26/h1-24H. The van der Waals surface area contributed by atoms with Crippen molar-refractivity contribution in [2.24, 2.45) is 0 Å². The molecule has 1 heterocycles. The van der Waals surface area contributed by atoms with E-state index in [9.17, 15) is 4.79 Å². The van der Waals surface area contributed by atoms with Gasteiger partial charge in [0.2, 0.25) is 0 Å². The molecule has 0 radical (unpaired) electrons. The van der Waals surface area contributed by atoms with Gasteiger partial charge in [0.05, 0.1) is 0 Å². The molecule has 0 N–H and O–H groups in total. The highest BCUT2D eigenvalue weighted by molar-refractivity contribution is 7.24. The van der Waals surface area contributed by atoms with Gasteiger partial charge < -0.3 is 0 Å². The van der Waals surface area contributed by atoms with Crippen LogP contribution in [0.15, 0.2) is 150 Å². The lowest BCUT2D eigenvalue weighted by Gasteiger charge is -2.09. The van der Waals surface area contributed by atoms with Gasteiger partial charge in [0.25, 0.3) is 0 Å². The number of benzene rings is 6. The van der Waals surface area contributed by atoms with Crippen LogP contribution >= 0.6 is 11.3 Å². The Kier molecular flexibility index (Phi) is 5.88. The minimum Gasteiger partial charge on any atom is -0.289 e. The summed E-state index contributed by atoms with van der Waals surface area (Å²) in [6, 6.07) is 50.3. The second-order valence-electron chi connectivity index (χ2n) is 9.75. The van der Waals surface area contributed by atoms with Gasteiger partial charge in [-0.1, -0.05) is 109 Å². The molecule has 0 aliphatic carbocycles. The van der Waals surface area contributed by atoms with Crippen LogP contribution in [0.4, 0.5) is 0 Å². The summed E-state index contributed by atoms with van der Waals surface area (Å²) >= 11 is 1.67. The maximum atomic E-state index is 13.8. The lowest BCUT2D eigenvalue weighted by molar-refractivity contribution is 1.59. The summed E-state index contributed by atoms with van der Waals surface area (Å²) in [6.45, 7) is 0. The molecule has 1 aromatic heterocycles. The molecule has 7 rings (SSSR count). The topological polar surface area (TPSA) is 17.1 Å². The Balaban J connectivity index is 1.32. The zero-order valence-electron chi connectivity index (χ0n) is 21.2. The van der Waals surface area contributed by atoms with Crippen molar-refractivity contribution in [1.29, 1.82) is 0 Å². The van der Waals surface area contributed by atoms with E-state index >= 15 is 0 Å². The molecule has 7 aromatic rings.